The summed E-state index contributed by atoms with van der Waals surface area (Å²) in [5.74, 6) is -1.94. The highest BCUT2D eigenvalue weighted by Crippen LogP contribution is 2.35. The van der Waals surface area contributed by atoms with Gasteiger partial charge in [0, 0.05) is 11.1 Å². The largest absolute Gasteiger partial charge is 0.508 e. The Morgan fingerprint density at radius 1 is 1.30 bits per heavy atom. The van der Waals surface area contributed by atoms with Crippen LogP contribution in [0.5, 0.6) is 5.75 Å². The van der Waals surface area contributed by atoms with E-state index in [1.54, 1.807) is 18.2 Å². The third kappa shape index (κ3) is 2.66. The molecule has 0 saturated carbocycles. The first-order valence-corrected chi connectivity index (χ1v) is 6.74. The Kier molecular flexibility index (Phi) is 3.57. The first kappa shape index (κ1) is 14.8. The molecule has 0 atom stereocenters. The standard InChI is InChI=1S/C17H12FNO4/c1-23-17(22)13-7-11-12(6-9-3-2-4-10(20)5-9)16(21)19-15(11)8-14(13)18/h2-8,20H,1H3,(H,19,21)/b12-6-. The molecule has 0 bridgehead atoms. The number of fused-ring (bicyclic) bond motifs is 1. The number of halogens is 1. The zero-order valence-electron chi connectivity index (χ0n) is 12.1. The number of phenols is 1. The van der Waals surface area contributed by atoms with Crippen molar-refractivity contribution in [2.75, 3.05) is 12.4 Å². The average Bonchev–Trinajstić information content (AvgIpc) is 2.81. The van der Waals surface area contributed by atoms with E-state index in [4.69, 9.17) is 0 Å². The summed E-state index contributed by atoms with van der Waals surface area (Å²) in [6.45, 7) is 0. The van der Waals surface area contributed by atoms with E-state index in [1.807, 2.05) is 0 Å². The smallest absolute Gasteiger partial charge is 0.340 e. The minimum atomic E-state index is -0.818. The predicted molar refractivity (Wildman–Crippen MR) is 82.3 cm³/mol. The second-order valence-corrected chi connectivity index (χ2v) is 4.98. The Bertz CT molecular complexity index is 858. The van der Waals surface area contributed by atoms with Gasteiger partial charge in [0.05, 0.1) is 18.4 Å². The predicted octanol–water partition coefficient (Wildman–Crippen LogP) is 2.81. The van der Waals surface area contributed by atoms with Crippen LogP contribution in [0.15, 0.2) is 36.4 Å². The van der Waals surface area contributed by atoms with Crippen LogP contribution >= 0.6 is 0 Å². The molecule has 0 fully saturated rings. The van der Waals surface area contributed by atoms with E-state index in [9.17, 15) is 19.1 Å². The molecule has 1 amide bonds. The molecule has 0 saturated heterocycles. The van der Waals surface area contributed by atoms with Crippen LogP contribution in [0.25, 0.3) is 11.6 Å². The second kappa shape index (κ2) is 5.57. The molecule has 1 aliphatic heterocycles. The van der Waals surface area contributed by atoms with Crippen LogP contribution < -0.4 is 5.32 Å². The molecule has 0 unspecified atom stereocenters. The third-order valence-electron chi connectivity index (χ3n) is 3.48. The van der Waals surface area contributed by atoms with Crippen LogP contribution in [0, 0.1) is 5.82 Å². The summed E-state index contributed by atoms with van der Waals surface area (Å²) in [7, 11) is 1.15. The van der Waals surface area contributed by atoms with Gasteiger partial charge in [0.2, 0.25) is 0 Å². The molecule has 2 N–H and O–H groups in total. The van der Waals surface area contributed by atoms with E-state index >= 15 is 0 Å². The van der Waals surface area contributed by atoms with Gasteiger partial charge < -0.3 is 15.2 Å². The number of rotatable bonds is 2. The molecule has 2 aromatic carbocycles. The molecule has 1 aliphatic rings. The molecule has 3 rings (SSSR count). The van der Waals surface area contributed by atoms with Gasteiger partial charge in [-0.1, -0.05) is 12.1 Å². The quantitative estimate of drug-likeness (QED) is 0.660. The Hall–Kier alpha value is -3.15. The van der Waals surface area contributed by atoms with Crippen molar-refractivity contribution in [2.45, 2.75) is 0 Å². The van der Waals surface area contributed by atoms with Gasteiger partial charge in [-0.3, -0.25) is 4.79 Å². The minimum absolute atomic E-state index is 0.0623. The first-order valence-electron chi connectivity index (χ1n) is 6.74. The van der Waals surface area contributed by atoms with Gasteiger partial charge in [0.1, 0.15) is 11.6 Å². The molecule has 0 radical (unpaired) electrons. The molecule has 5 nitrogen and oxygen atoms in total. The van der Waals surface area contributed by atoms with Crippen LogP contribution in [-0.4, -0.2) is 24.1 Å². The lowest BCUT2D eigenvalue weighted by Crippen LogP contribution is -2.05. The molecule has 23 heavy (non-hydrogen) atoms. The maximum absolute atomic E-state index is 13.9. The lowest BCUT2D eigenvalue weighted by molar-refractivity contribution is -0.110. The average molecular weight is 313 g/mol. The number of hydrogen-bond acceptors (Lipinski definition) is 4. The van der Waals surface area contributed by atoms with Crippen molar-refractivity contribution in [3.05, 3.63) is 58.9 Å². The molecule has 0 aliphatic carbocycles. The summed E-state index contributed by atoms with van der Waals surface area (Å²) >= 11 is 0. The van der Waals surface area contributed by atoms with Crippen molar-refractivity contribution in [2.24, 2.45) is 0 Å². The van der Waals surface area contributed by atoms with E-state index in [1.165, 1.54) is 18.2 Å². The number of carbonyl (C=O) groups is 2. The van der Waals surface area contributed by atoms with Gasteiger partial charge in [-0.15, -0.1) is 0 Å². The van der Waals surface area contributed by atoms with E-state index < -0.39 is 17.7 Å². The van der Waals surface area contributed by atoms with Gasteiger partial charge in [-0.25, -0.2) is 9.18 Å². The number of benzene rings is 2. The van der Waals surface area contributed by atoms with Crippen molar-refractivity contribution < 1.29 is 23.8 Å². The SMILES string of the molecule is COC(=O)c1cc2c(cc1F)NC(=O)/C2=C\c1cccc(O)c1. The summed E-state index contributed by atoms with van der Waals surface area (Å²) in [5, 5.41) is 12.0. The van der Waals surface area contributed by atoms with Crippen LogP contribution in [0.1, 0.15) is 21.5 Å². The van der Waals surface area contributed by atoms with Gasteiger partial charge in [0.25, 0.3) is 5.91 Å². The Morgan fingerprint density at radius 3 is 2.78 bits per heavy atom. The summed E-state index contributed by atoms with van der Waals surface area (Å²) in [6, 6.07) is 8.72. The van der Waals surface area contributed by atoms with Gasteiger partial charge in [0.15, 0.2) is 0 Å². The summed E-state index contributed by atoms with van der Waals surface area (Å²) in [4.78, 5) is 23.7. The molecule has 2 aromatic rings. The number of anilines is 1. The Balaban J connectivity index is 2.13. The molecular weight excluding hydrogens is 301 g/mol. The number of methoxy groups -OCH3 is 1. The van der Waals surface area contributed by atoms with Crippen molar-refractivity contribution >= 4 is 29.2 Å². The van der Waals surface area contributed by atoms with E-state index in [0.717, 1.165) is 13.2 Å². The van der Waals surface area contributed by atoms with E-state index in [0.29, 0.717) is 11.1 Å². The van der Waals surface area contributed by atoms with Crippen LogP contribution in [-0.2, 0) is 9.53 Å². The number of carbonyl (C=O) groups excluding carboxylic acids is 2. The fraction of sp³-hybridized carbons (Fsp3) is 0.0588. The molecule has 0 spiro atoms. The summed E-state index contributed by atoms with van der Waals surface area (Å²) < 4.78 is 18.4. The van der Waals surface area contributed by atoms with Gasteiger partial charge in [-0.2, -0.15) is 0 Å². The van der Waals surface area contributed by atoms with Crippen molar-refractivity contribution in [3.63, 3.8) is 0 Å². The molecule has 1 heterocycles. The molecule has 0 aromatic heterocycles. The first-order chi connectivity index (χ1) is 11.0. The lowest BCUT2D eigenvalue weighted by Gasteiger charge is -2.05. The number of amides is 1. The number of ether oxygens (including phenoxy) is 1. The molecule has 6 heteroatoms. The fourth-order valence-corrected chi connectivity index (χ4v) is 2.40. The number of phenolic OH excluding ortho intramolecular Hbond substituents is 1. The highest BCUT2D eigenvalue weighted by Gasteiger charge is 2.27. The number of aromatic hydroxyl groups is 1. The number of nitrogens with one attached hydrogen (secondary N) is 1. The summed E-state index contributed by atoms with van der Waals surface area (Å²) in [6.07, 6.45) is 1.56. The Morgan fingerprint density at radius 2 is 2.09 bits per heavy atom. The lowest BCUT2D eigenvalue weighted by atomic mass is 10.0. The van der Waals surface area contributed by atoms with Crippen LogP contribution in [0.2, 0.25) is 0 Å². The number of hydrogen-bond donors (Lipinski definition) is 2. The van der Waals surface area contributed by atoms with Crippen molar-refractivity contribution in [1.82, 2.24) is 0 Å². The zero-order chi connectivity index (χ0) is 16.6. The van der Waals surface area contributed by atoms with Gasteiger partial charge in [-0.05, 0) is 35.9 Å². The second-order valence-electron chi connectivity index (χ2n) is 4.98. The van der Waals surface area contributed by atoms with Crippen molar-refractivity contribution in [3.8, 4) is 5.75 Å². The highest BCUT2D eigenvalue weighted by molar-refractivity contribution is 6.35. The zero-order valence-corrected chi connectivity index (χ0v) is 12.1. The maximum atomic E-state index is 13.9. The minimum Gasteiger partial charge on any atom is -0.508 e. The Labute approximate surface area is 131 Å². The highest BCUT2D eigenvalue weighted by atomic mass is 19.1. The topological polar surface area (TPSA) is 75.6 Å². The van der Waals surface area contributed by atoms with Crippen molar-refractivity contribution in [1.29, 1.82) is 0 Å². The number of esters is 1. The van der Waals surface area contributed by atoms with E-state index in [2.05, 4.69) is 10.1 Å². The monoisotopic (exact) mass is 313 g/mol. The molecular formula is C17H12FNO4. The van der Waals surface area contributed by atoms with E-state index in [-0.39, 0.29) is 22.6 Å². The van der Waals surface area contributed by atoms with Crippen LogP contribution in [0.3, 0.4) is 0 Å². The van der Waals surface area contributed by atoms with Gasteiger partial charge >= 0.3 is 5.97 Å². The maximum Gasteiger partial charge on any atom is 0.340 e. The summed E-state index contributed by atoms with van der Waals surface area (Å²) in [5.41, 5.74) is 1.32. The van der Waals surface area contributed by atoms with Crippen LogP contribution in [0.4, 0.5) is 10.1 Å². The third-order valence-corrected chi connectivity index (χ3v) is 3.48. The molecule has 116 valence electrons. The fourth-order valence-electron chi connectivity index (χ4n) is 2.40. The normalized spacial score (nSPS) is 14.5.